The third-order valence-electron chi connectivity index (χ3n) is 3.09. The smallest absolute Gasteiger partial charge is 0.251 e. The largest absolute Gasteiger partial charge is 0.352 e. The summed E-state index contributed by atoms with van der Waals surface area (Å²) in [5.41, 5.74) is 5.88. The van der Waals surface area contributed by atoms with Crippen LogP contribution < -0.4 is 11.1 Å². The summed E-state index contributed by atoms with van der Waals surface area (Å²) in [6.07, 6.45) is 2.94. The maximum atomic E-state index is 11.9. The van der Waals surface area contributed by atoms with Crippen molar-refractivity contribution in [2.45, 2.75) is 24.7 Å². The Morgan fingerprint density at radius 1 is 1.40 bits per heavy atom. The van der Waals surface area contributed by atoms with Gasteiger partial charge in [-0.15, -0.1) is 0 Å². The number of sulfone groups is 1. The molecule has 1 aromatic carbocycles. The molecular weight excluding hydrogens is 276 g/mol. The highest BCUT2D eigenvalue weighted by molar-refractivity contribution is 7.90. The van der Waals surface area contributed by atoms with Crippen molar-refractivity contribution in [1.82, 2.24) is 5.32 Å². The fourth-order valence-corrected chi connectivity index (χ4v) is 2.41. The van der Waals surface area contributed by atoms with E-state index in [1.54, 1.807) is 12.1 Å². The number of carbonyl (C=O) groups is 1. The highest BCUT2D eigenvalue weighted by atomic mass is 32.2. The Balaban J connectivity index is 2.56. The van der Waals surface area contributed by atoms with Crippen molar-refractivity contribution in [3.05, 3.63) is 29.8 Å². The van der Waals surface area contributed by atoms with Crippen LogP contribution in [0.3, 0.4) is 0 Å². The minimum absolute atomic E-state index is 0.155. The Morgan fingerprint density at radius 3 is 2.70 bits per heavy atom. The molecule has 112 valence electrons. The van der Waals surface area contributed by atoms with Gasteiger partial charge in [0.05, 0.1) is 4.90 Å². The lowest BCUT2D eigenvalue weighted by molar-refractivity contribution is 0.0952. The number of rotatable bonds is 7. The average molecular weight is 298 g/mol. The maximum Gasteiger partial charge on any atom is 0.251 e. The van der Waals surface area contributed by atoms with Gasteiger partial charge in [0.2, 0.25) is 0 Å². The van der Waals surface area contributed by atoms with Gasteiger partial charge in [-0.3, -0.25) is 4.79 Å². The molecule has 6 heteroatoms. The van der Waals surface area contributed by atoms with Gasteiger partial charge in [0.15, 0.2) is 9.84 Å². The minimum atomic E-state index is -3.29. The molecule has 1 unspecified atom stereocenters. The lowest BCUT2D eigenvalue weighted by Crippen LogP contribution is -2.25. The van der Waals surface area contributed by atoms with E-state index < -0.39 is 9.84 Å². The van der Waals surface area contributed by atoms with Crippen LogP contribution in [0, 0.1) is 5.92 Å². The predicted octanol–water partition coefficient (Wildman–Crippen LogP) is 1.19. The van der Waals surface area contributed by atoms with Gasteiger partial charge in [-0.25, -0.2) is 8.42 Å². The molecule has 5 nitrogen and oxygen atoms in total. The summed E-state index contributed by atoms with van der Waals surface area (Å²) in [6, 6.07) is 6.05. The van der Waals surface area contributed by atoms with Gasteiger partial charge in [-0.05, 0) is 43.5 Å². The second kappa shape index (κ2) is 7.40. The van der Waals surface area contributed by atoms with E-state index >= 15 is 0 Å². The molecule has 20 heavy (non-hydrogen) atoms. The first kappa shape index (κ1) is 16.7. The van der Waals surface area contributed by atoms with E-state index in [0.29, 0.717) is 24.6 Å². The summed E-state index contributed by atoms with van der Waals surface area (Å²) in [4.78, 5) is 12.1. The summed E-state index contributed by atoms with van der Waals surface area (Å²) in [5, 5.41) is 2.78. The second-order valence-electron chi connectivity index (χ2n) is 5.04. The highest BCUT2D eigenvalue weighted by Gasteiger charge is 2.11. The van der Waals surface area contributed by atoms with E-state index in [9.17, 15) is 13.2 Å². The van der Waals surface area contributed by atoms with E-state index in [2.05, 4.69) is 12.2 Å². The number of nitrogens with two attached hydrogens (primary N) is 1. The molecule has 1 atom stereocenters. The number of hydrogen-bond acceptors (Lipinski definition) is 4. The van der Waals surface area contributed by atoms with Crippen LogP contribution in [0.1, 0.15) is 30.1 Å². The molecule has 1 aromatic rings. The summed E-state index contributed by atoms with van der Waals surface area (Å²) < 4.78 is 22.9. The van der Waals surface area contributed by atoms with Crippen molar-refractivity contribution in [3.63, 3.8) is 0 Å². The average Bonchev–Trinajstić information content (AvgIpc) is 2.42. The number of hydrogen-bond donors (Lipinski definition) is 2. The molecule has 0 aliphatic heterocycles. The third-order valence-corrected chi connectivity index (χ3v) is 4.20. The van der Waals surface area contributed by atoms with Crippen LogP contribution >= 0.6 is 0 Å². The zero-order chi connectivity index (χ0) is 15.2. The lowest BCUT2D eigenvalue weighted by atomic mass is 10.1. The van der Waals surface area contributed by atoms with Crippen LogP contribution in [0.15, 0.2) is 29.2 Å². The fraction of sp³-hybridized carbons (Fsp3) is 0.500. The van der Waals surface area contributed by atoms with E-state index in [1.165, 1.54) is 12.1 Å². The van der Waals surface area contributed by atoms with Gasteiger partial charge in [-0.2, -0.15) is 0 Å². The summed E-state index contributed by atoms with van der Waals surface area (Å²) in [7, 11) is -3.29. The van der Waals surface area contributed by atoms with E-state index in [-0.39, 0.29) is 10.8 Å². The van der Waals surface area contributed by atoms with E-state index in [1.807, 2.05) is 0 Å². The SMILES string of the molecule is CC(CN)CCCNC(=O)c1cccc(S(C)(=O)=O)c1. The number of carbonyl (C=O) groups excluding carboxylic acids is 1. The molecule has 0 aliphatic rings. The van der Waals surface area contributed by atoms with E-state index in [0.717, 1.165) is 19.1 Å². The van der Waals surface area contributed by atoms with Crippen molar-refractivity contribution in [2.75, 3.05) is 19.3 Å². The van der Waals surface area contributed by atoms with E-state index in [4.69, 9.17) is 5.73 Å². The lowest BCUT2D eigenvalue weighted by Gasteiger charge is -2.09. The first-order valence-corrected chi connectivity index (χ1v) is 8.52. The molecule has 1 rings (SSSR count). The standard InChI is InChI=1S/C14H22N2O3S/c1-11(10-15)5-4-8-16-14(17)12-6-3-7-13(9-12)20(2,18)19/h3,6-7,9,11H,4-5,8,10,15H2,1-2H3,(H,16,17). The van der Waals surface area contributed by atoms with Crippen LogP contribution in [-0.4, -0.2) is 33.7 Å². The zero-order valence-corrected chi connectivity index (χ0v) is 12.7. The van der Waals surface area contributed by atoms with Gasteiger partial charge in [0.1, 0.15) is 0 Å². The second-order valence-corrected chi connectivity index (χ2v) is 7.05. The molecule has 0 fully saturated rings. The summed E-state index contributed by atoms with van der Waals surface area (Å²) >= 11 is 0. The monoisotopic (exact) mass is 298 g/mol. The molecule has 0 radical (unpaired) electrons. The van der Waals surface area contributed by atoms with Crippen molar-refractivity contribution in [3.8, 4) is 0 Å². The molecular formula is C14H22N2O3S. The quantitative estimate of drug-likeness (QED) is 0.740. The van der Waals surface area contributed by atoms with Crippen LogP contribution in [0.2, 0.25) is 0 Å². The highest BCUT2D eigenvalue weighted by Crippen LogP contribution is 2.11. The molecule has 0 aliphatic carbocycles. The van der Waals surface area contributed by atoms with Crippen molar-refractivity contribution < 1.29 is 13.2 Å². The fourth-order valence-electron chi connectivity index (χ4n) is 1.74. The molecule has 0 aromatic heterocycles. The Hall–Kier alpha value is -1.40. The van der Waals surface area contributed by atoms with Crippen LogP contribution in [0.4, 0.5) is 0 Å². The Morgan fingerprint density at radius 2 is 2.10 bits per heavy atom. The molecule has 0 spiro atoms. The first-order valence-electron chi connectivity index (χ1n) is 6.63. The van der Waals surface area contributed by atoms with Gasteiger partial charge in [-0.1, -0.05) is 13.0 Å². The van der Waals surface area contributed by atoms with Crippen LogP contribution in [0.25, 0.3) is 0 Å². The van der Waals surface area contributed by atoms with Gasteiger partial charge < -0.3 is 11.1 Å². The molecule has 3 N–H and O–H groups in total. The van der Waals surface area contributed by atoms with Crippen molar-refractivity contribution >= 4 is 15.7 Å². The first-order chi connectivity index (χ1) is 9.34. The van der Waals surface area contributed by atoms with Gasteiger partial charge >= 0.3 is 0 Å². The summed E-state index contributed by atoms with van der Waals surface area (Å²) in [5.74, 6) is 0.191. The normalized spacial score (nSPS) is 12.9. The van der Waals surface area contributed by atoms with Crippen molar-refractivity contribution in [2.24, 2.45) is 11.7 Å². The molecule has 0 saturated carbocycles. The van der Waals surface area contributed by atoms with Crippen LogP contribution in [0.5, 0.6) is 0 Å². The number of amides is 1. The van der Waals surface area contributed by atoms with Crippen LogP contribution in [-0.2, 0) is 9.84 Å². The zero-order valence-electron chi connectivity index (χ0n) is 11.9. The molecule has 0 heterocycles. The predicted molar refractivity (Wildman–Crippen MR) is 79.3 cm³/mol. The molecule has 1 amide bonds. The number of benzene rings is 1. The molecule has 0 saturated heterocycles. The maximum absolute atomic E-state index is 11.9. The third kappa shape index (κ3) is 5.30. The minimum Gasteiger partial charge on any atom is -0.352 e. The molecule has 0 bridgehead atoms. The van der Waals surface area contributed by atoms with Gasteiger partial charge in [0.25, 0.3) is 5.91 Å². The van der Waals surface area contributed by atoms with Gasteiger partial charge in [0, 0.05) is 18.4 Å². The Bertz CT molecular complexity index is 555. The van der Waals surface area contributed by atoms with Crippen molar-refractivity contribution in [1.29, 1.82) is 0 Å². The Kier molecular flexibility index (Phi) is 6.16. The topological polar surface area (TPSA) is 89.3 Å². The number of nitrogens with one attached hydrogen (secondary N) is 1. The summed E-state index contributed by atoms with van der Waals surface area (Å²) in [6.45, 7) is 3.27. The Labute approximate surface area is 120 Å².